The summed E-state index contributed by atoms with van der Waals surface area (Å²) in [5, 5.41) is 11.7. The predicted octanol–water partition coefficient (Wildman–Crippen LogP) is 1.63. The van der Waals surface area contributed by atoms with Crippen molar-refractivity contribution in [2.75, 3.05) is 37.6 Å². The Morgan fingerprint density at radius 3 is 2.29 bits per heavy atom. The van der Waals surface area contributed by atoms with Gasteiger partial charge in [-0.1, -0.05) is 32.0 Å². The highest BCUT2D eigenvalue weighted by molar-refractivity contribution is 5.96. The Labute approximate surface area is 125 Å². The van der Waals surface area contributed by atoms with Gasteiger partial charge in [0.2, 0.25) is 0 Å². The average Bonchev–Trinajstić information content (AvgIpc) is 2.49. The van der Waals surface area contributed by atoms with E-state index in [4.69, 9.17) is 5.11 Å². The first-order chi connectivity index (χ1) is 10.1. The summed E-state index contributed by atoms with van der Waals surface area (Å²) in [5.74, 6) is -1.04. The van der Waals surface area contributed by atoms with Crippen molar-refractivity contribution < 1.29 is 14.7 Å². The molecular formula is C15H23N3O3. The highest BCUT2D eigenvalue weighted by Gasteiger charge is 2.18. The Kier molecular flexibility index (Phi) is 7.25. The summed E-state index contributed by atoms with van der Waals surface area (Å²) >= 11 is 0. The number of carbonyl (C=O) groups is 2. The van der Waals surface area contributed by atoms with Gasteiger partial charge in [-0.15, -0.1) is 0 Å². The molecule has 0 aromatic heterocycles. The fourth-order valence-electron chi connectivity index (χ4n) is 1.98. The lowest BCUT2D eigenvalue weighted by molar-refractivity contribution is -0.135. The number of likely N-dealkylation sites (N-methyl/N-ethyl adjacent to an activating group) is 1. The van der Waals surface area contributed by atoms with Crippen LogP contribution in [0.15, 0.2) is 30.3 Å². The number of hydrogen-bond donors (Lipinski definition) is 2. The molecule has 0 aliphatic heterocycles. The lowest BCUT2D eigenvalue weighted by Gasteiger charge is -2.23. The van der Waals surface area contributed by atoms with E-state index in [-0.39, 0.29) is 6.54 Å². The molecule has 21 heavy (non-hydrogen) atoms. The van der Waals surface area contributed by atoms with E-state index in [1.807, 2.05) is 6.07 Å². The molecule has 0 aliphatic carbocycles. The van der Waals surface area contributed by atoms with Gasteiger partial charge in [0.1, 0.15) is 6.54 Å². The van der Waals surface area contributed by atoms with Crippen LogP contribution >= 0.6 is 0 Å². The second kappa shape index (κ2) is 8.97. The maximum Gasteiger partial charge on any atom is 0.323 e. The molecule has 0 unspecified atom stereocenters. The minimum absolute atomic E-state index is 0.360. The molecular weight excluding hydrogens is 270 g/mol. The Morgan fingerprint density at radius 1 is 1.14 bits per heavy atom. The Balaban J connectivity index is 2.62. The molecule has 0 saturated carbocycles. The van der Waals surface area contributed by atoms with E-state index >= 15 is 0 Å². The zero-order valence-electron chi connectivity index (χ0n) is 12.6. The molecule has 6 heteroatoms. The molecule has 0 atom stereocenters. The quantitative estimate of drug-likeness (QED) is 0.764. The third kappa shape index (κ3) is 5.83. The number of carbonyl (C=O) groups excluding carboxylic acids is 1. The third-order valence-electron chi connectivity index (χ3n) is 3.21. The first kappa shape index (κ1) is 17.0. The van der Waals surface area contributed by atoms with Gasteiger partial charge in [-0.05, 0) is 25.2 Å². The van der Waals surface area contributed by atoms with Crippen molar-refractivity contribution in [2.45, 2.75) is 13.8 Å². The van der Waals surface area contributed by atoms with E-state index in [0.29, 0.717) is 12.2 Å². The normalized spacial score (nSPS) is 10.4. The number of nitrogens with one attached hydrogen (secondary N) is 1. The Morgan fingerprint density at radius 2 is 1.76 bits per heavy atom. The minimum Gasteiger partial charge on any atom is -0.480 e. The second-order valence-corrected chi connectivity index (χ2v) is 4.57. The van der Waals surface area contributed by atoms with Crippen LogP contribution in [-0.2, 0) is 4.79 Å². The van der Waals surface area contributed by atoms with Crippen molar-refractivity contribution in [1.29, 1.82) is 0 Å². The maximum atomic E-state index is 12.2. The van der Waals surface area contributed by atoms with Gasteiger partial charge in [0.05, 0.1) is 0 Å². The zero-order valence-corrected chi connectivity index (χ0v) is 12.6. The van der Waals surface area contributed by atoms with Crippen molar-refractivity contribution >= 4 is 17.7 Å². The number of urea groups is 1. The largest absolute Gasteiger partial charge is 0.480 e. The fourth-order valence-corrected chi connectivity index (χ4v) is 1.98. The van der Waals surface area contributed by atoms with E-state index in [1.54, 1.807) is 24.3 Å². The highest BCUT2D eigenvalue weighted by atomic mass is 16.4. The van der Waals surface area contributed by atoms with Crippen LogP contribution in [0, 0.1) is 0 Å². The van der Waals surface area contributed by atoms with Gasteiger partial charge in [-0.3, -0.25) is 9.69 Å². The topological polar surface area (TPSA) is 72.9 Å². The first-order valence-electron chi connectivity index (χ1n) is 7.13. The molecule has 0 fully saturated rings. The number of nitrogens with zero attached hydrogens (tertiary/aromatic N) is 2. The van der Waals surface area contributed by atoms with Gasteiger partial charge >= 0.3 is 12.0 Å². The molecule has 0 saturated heterocycles. The Hall–Kier alpha value is -2.08. The molecule has 6 nitrogen and oxygen atoms in total. The van der Waals surface area contributed by atoms with Crippen LogP contribution in [0.4, 0.5) is 10.5 Å². The van der Waals surface area contributed by atoms with Gasteiger partial charge in [-0.2, -0.15) is 0 Å². The summed E-state index contributed by atoms with van der Waals surface area (Å²) < 4.78 is 0. The second-order valence-electron chi connectivity index (χ2n) is 4.57. The van der Waals surface area contributed by atoms with Gasteiger partial charge in [0.25, 0.3) is 0 Å². The molecule has 116 valence electrons. The smallest absolute Gasteiger partial charge is 0.323 e. The van der Waals surface area contributed by atoms with Crippen molar-refractivity contribution in [3.63, 3.8) is 0 Å². The number of rotatable bonds is 8. The Bertz CT molecular complexity index is 447. The first-order valence-corrected chi connectivity index (χ1v) is 7.13. The van der Waals surface area contributed by atoms with Crippen LogP contribution in [0.1, 0.15) is 13.8 Å². The number of anilines is 1. The lowest BCUT2D eigenvalue weighted by atomic mass is 10.3. The van der Waals surface area contributed by atoms with E-state index in [9.17, 15) is 9.59 Å². The third-order valence-corrected chi connectivity index (χ3v) is 3.21. The van der Waals surface area contributed by atoms with Crippen molar-refractivity contribution in [1.82, 2.24) is 10.2 Å². The fraction of sp³-hybridized carbons (Fsp3) is 0.467. The molecule has 0 aliphatic rings. The van der Waals surface area contributed by atoms with Crippen LogP contribution in [0.5, 0.6) is 0 Å². The predicted molar refractivity (Wildman–Crippen MR) is 82.6 cm³/mol. The number of aliphatic carboxylic acids is 1. The van der Waals surface area contributed by atoms with Crippen LogP contribution in [0.3, 0.4) is 0 Å². The lowest BCUT2D eigenvalue weighted by Crippen LogP contribution is -2.45. The van der Waals surface area contributed by atoms with Gasteiger partial charge < -0.3 is 15.3 Å². The SMILES string of the molecule is CCN(CC)CCNC(=O)N(CC(=O)O)c1ccccc1. The van der Waals surface area contributed by atoms with E-state index in [1.165, 1.54) is 4.90 Å². The molecule has 1 aromatic carbocycles. The molecule has 0 spiro atoms. The van der Waals surface area contributed by atoms with Crippen molar-refractivity contribution in [2.24, 2.45) is 0 Å². The summed E-state index contributed by atoms with van der Waals surface area (Å²) in [7, 11) is 0. The van der Waals surface area contributed by atoms with Crippen LogP contribution < -0.4 is 10.2 Å². The van der Waals surface area contributed by atoms with E-state index in [0.717, 1.165) is 19.6 Å². The number of benzene rings is 1. The summed E-state index contributed by atoms with van der Waals surface area (Å²) in [6.07, 6.45) is 0. The van der Waals surface area contributed by atoms with Crippen LogP contribution in [0.2, 0.25) is 0 Å². The molecule has 0 bridgehead atoms. The summed E-state index contributed by atoms with van der Waals surface area (Å²) in [5.41, 5.74) is 0.570. The molecule has 1 aromatic rings. The molecule has 0 heterocycles. The summed E-state index contributed by atoms with van der Waals surface area (Å²) in [4.78, 5) is 26.5. The standard InChI is InChI=1S/C15H23N3O3/c1-3-17(4-2)11-10-16-15(21)18(12-14(19)20)13-8-6-5-7-9-13/h5-9H,3-4,10-12H2,1-2H3,(H,16,21)(H,19,20). The summed E-state index contributed by atoms with van der Waals surface area (Å²) in [6, 6.07) is 8.40. The van der Waals surface area contributed by atoms with Crippen LogP contribution in [-0.4, -0.2) is 54.7 Å². The van der Waals surface area contributed by atoms with Crippen molar-refractivity contribution in [3.05, 3.63) is 30.3 Å². The number of carboxylic acid groups (broad SMARTS) is 1. The number of amides is 2. The molecule has 2 N–H and O–H groups in total. The van der Waals surface area contributed by atoms with Crippen LogP contribution in [0.25, 0.3) is 0 Å². The number of hydrogen-bond acceptors (Lipinski definition) is 3. The average molecular weight is 293 g/mol. The van der Waals surface area contributed by atoms with Gasteiger partial charge in [-0.25, -0.2) is 4.79 Å². The van der Waals surface area contributed by atoms with Gasteiger partial charge in [0.15, 0.2) is 0 Å². The number of carboxylic acids is 1. The molecule has 1 rings (SSSR count). The monoisotopic (exact) mass is 293 g/mol. The van der Waals surface area contributed by atoms with E-state index < -0.39 is 12.0 Å². The molecule has 0 radical (unpaired) electrons. The number of para-hydroxylation sites is 1. The molecule has 2 amide bonds. The zero-order chi connectivity index (χ0) is 15.7. The maximum absolute atomic E-state index is 12.2. The summed E-state index contributed by atoms with van der Waals surface area (Å²) in [6.45, 7) is 6.84. The van der Waals surface area contributed by atoms with E-state index in [2.05, 4.69) is 24.1 Å². The van der Waals surface area contributed by atoms with Crippen molar-refractivity contribution in [3.8, 4) is 0 Å². The van der Waals surface area contributed by atoms with Gasteiger partial charge in [0, 0.05) is 18.8 Å². The highest BCUT2D eigenvalue weighted by Crippen LogP contribution is 2.12. The minimum atomic E-state index is -1.04.